The third-order valence-corrected chi connectivity index (χ3v) is 2.89. The Balaban J connectivity index is 2.39. The number of hydrogen-bond acceptors (Lipinski definition) is 1. The number of hydrogen-bond donors (Lipinski definition) is 0. The Morgan fingerprint density at radius 2 is 2.15 bits per heavy atom. The van der Waals surface area contributed by atoms with Crippen LogP contribution in [0.1, 0.15) is 37.3 Å². The summed E-state index contributed by atoms with van der Waals surface area (Å²) in [4.78, 5) is 0. The quantitative estimate of drug-likeness (QED) is 0.638. The maximum Gasteiger partial charge on any atom is 0.123 e. The molecule has 1 nitrogen and oxygen atoms in total. The second kappa shape index (κ2) is 3.06. The fourth-order valence-corrected chi connectivity index (χ4v) is 2.03. The summed E-state index contributed by atoms with van der Waals surface area (Å²) in [5.41, 5.74) is 2.71. The summed E-state index contributed by atoms with van der Waals surface area (Å²) >= 11 is 0. The lowest BCUT2D eigenvalue weighted by molar-refractivity contribution is 0.206. The van der Waals surface area contributed by atoms with E-state index in [1.807, 2.05) is 0 Å². The predicted molar refractivity (Wildman–Crippen MR) is 54.3 cm³/mol. The molecule has 1 aromatic carbocycles. The highest BCUT2D eigenvalue weighted by atomic mass is 16.5. The third-order valence-electron chi connectivity index (χ3n) is 2.89. The van der Waals surface area contributed by atoms with Gasteiger partial charge >= 0.3 is 0 Å². The Kier molecular flexibility index (Phi) is 2.03. The molecule has 0 saturated carbocycles. The van der Waals surface area contributed by atoms with Gasteiger partial charge in [0.05, 0.1) is 0 Å². The molecule has 2 rings (SSSR count). The normalized spacial score (nSPS) is 25.5. The molecule has 0 N–H and O–H groups in total. The van der Waals surface area contributed by atoms with Crippen LogP contribution in [0, 0.1) is 6.92 Å². The minimum absolute atomic E-state index is 0.386. The number of ether oxygens (including phenoxy) is 1. The molecule has 0 spiro atoms. The third kappa shape index (κ3) is 1.32. The molecule has 2 unspecified atom stereocenters. The van der Waals surface area contributed by atoms with Crippen LogP contribution < -0.4 is 4.74 Å². The molecule has 0 radical (unpaired) electrons. The summed E-state index contributed by atoms with van der Waals surface area (Å²) in [5, 5.41) is 0. The average molecular weight is 176 g/mol. The topological polar surface area (TPSA) is 9.23 Å². The molecule has 1 aliphatic heterocycles. The summed E-state index contributed by atoms with van der Waals surface area (Å²) in [5.74, 6) is 1.64. The van der Waals surface area contributed by atoms with E-state index in [0.29, 0.717) is 12.0 Å². The second-order valence-corrected chi connectivity index (χ2v) is 3.89. The fraction of sp³-hybridized carbons (Fsp3) is 0.500. The standard InChI is InChI=1S/C12H16O/c1-4-11-9(3)10-7-8(2)5-6-12(10)13-11/h5-7,9,11H,4H2,1-3H3. The first kappa shape index (κ1) is 8.61. The highest BCUT2D eigenvalue weighted by Crippen LogP contribution is 2.39. The molecule has 1 heteroatoms. The molecular weight excluding hydrogens is 160 g/mol. The van der Waals surface area contributed by atoms with Gasteiger partial charge in [-0.15, -0.1) is 0 Å². The minimum Gasteiger partial charge on any atom is -0.490 e. The zero-order valence-corrected chi connectivity index (χ0v) is 8.50. The van der Waals surface area contributed by atoms with Gasteiger partial charge in [-0.25, -0.2) is 0 Å². The Hall–Kier alpha value is -0.980. The van der Waals surface area contributed by atoms with E-state index in [1.165, 1.54) is 11.1 Å². The van der Waals surface area contributed by atoms with Crippen LogP contribution in [0.3, 0.4) is 0 Å². The zero-order chi connectivity index (χ0) is 9.42. The molecule has 13 heavy (non-hydrogen) atoms. The first-order chi connectivity index (χ1) is 6.22. The Bertz CT molecular complexity index is 317. The van der Waals surface area contributed by atoms with E-state index in [9.17, 15) is 0 Å². The first-order valence-corrected chi connectivity index (χ1v) is 4.99. The smallest absolute Gasteiger partial charge is 0.123 e. The van der Waals surface area contributed by atoms with E-state index >= 15 is 0 Å². The molecule has 1 aromatic rings. The molecule has 0 fully saturated rings. The highest BCUT2D eigenvalue weighted by Gasteiger charge is 2.29. The molecule has 0 saturated heterocycles. The van der Waals surface area contributed by atoms with Gasteiger partial charge in [-0.1, -0.05) is 31.5 Å². The van der Waals surface area contributed by atoms with Crippen molar-refractivity contribution in [1.82, 2.24) is 0 Å². The molecule has 0 aromatic heterocycles. The largest absolute Gasteiger partial charge is 0.490 e. The van der Waals surface area contributed by atoms with Crippen molar-refractivity contribution in [2.24, 2.45) is 0 Å². The molecule has 2 atom stereocenters. The van der Waals surface area contributed by atoms with E-state index in [4.69, 9.17) is 4.74 Å². The first-order valence-electron chi connectivity index (χ1n) is 4.99. The summed E-state index contributed by atoms with van der Waals surface area (Å²) < 4.78 is 5.82. The van der Waals surface area contributed by atoms with Gasteiger partial charge in [0.25, 0.3) is 0 Å². The van der Waals surface area contributed by atoms with Gasteiger partial charge in [-0.2, -0.15) is 0 Å². The molecule has 70 valence electrons. The van der Waals surface area contributed by atoms with Crippen molar-refractivity contribution in [1.29, 1.82) is 0 Å². The van der Waals surface area contributed by atoms with Crippen molar-refractivity contribution in [2.75, 3.05) is 0 Å². The number of aryl methyl sites for hydroxylation is 1. The fourth-order valence-electron chi connectivity index (χ4n) is 2.03. The second-order valence-electron chi connectivity index (χ2n) is 3.89. The maximum absolute atomic E-state index is 5.82. The van der Waals surface area contributed by atoms with E-state index in [-0.39, 0.29) is 0 Å². The van der Waals surface area contributed by atoms with Crippen molar-refractivity contribution in [3.63, 3.8) is 0 Å². The van der Waals surface area contributed by atoms with Crippen molar-refractivity contribution in [3.05, 3.63) is 29.3 Å². The summed E-state index contributed by atoms with van der Waals surface area (Å²) in [6.45, 7) is 6.56. The molecule has 0 amide bonds. The van der Waals surface area contributed by atoms with E-state index in [0.717, 1.165) is 12.2 Å². The number of benzene rings is 1. The van der Waals surface area contributed by atoms with Crippen molar-refractivity contribution >= 4 is 0 Å². The lowest BCUT2D eigenvalue weighted by Gasteiger charge is -2.11. The lowest BCUT2D eigenvalue weighted by Crippen LogP contribution is -2.14. The van der Waals surface area contributed by atoms with E-state index in [1.54, 1.807) is 0 Å². The van der Waals surface area contributed by atoms with E-state index in [2.05, 4.69) is 39.0 Å². The van der Waals surface area contributed by atoms with Crippen LogP contribution in [0.2, 0.25) is 0 Å². The zero-order valence-electron chi connectivity index (χ0n) is 8.50. The summed E-state index contributed by atoms with van der Waals surface area (Å²) in [6.07, 6.45) is 1.48. The minimum atomic E-state index is 0.386. The van der Waals surface area contributed by atoms with Crippen LogP contribution in [-0.4, -0.2) is 6.10 Å². The van der Waals surface area contributed by atoms with Gasteiger partial charge in [-0.3, -0.25) is 0 Å². The van der Waals surface area contributed by atoms with E-state index < -0.39 is 0 Å². The van der Waals surface area contributed by atoms with Crippen LogP contribution in [0.4, 0.5) is 0 Å². The molecule has 1 heterocycles. The monoisotopic (exact) mass is 176 g/mol. The summed E-state index contributed by atoms with van der Waals surface area (Å²) in [6, 6.07) is 6.45. The van der Waals surface area contributed by atoms with Crippen LogP contribution in [0.25, 0.3) is 0 Å². The lowest BCUT2D eigenvalue weighted by atomic mass is 9.95. The number of fused-ring (bicyclic) bond motifs is 1. The number of rotatable bonds is 1. The van der Waals surface area contributed by atoms with Crippen molar-refractivity contribution < 1.29 is 4.74 Å². The Morgan fingerprint density at radius 3 is 2.85 bits per heavy atom. The average Bonchev–Trinajstić information content (AvgIpc) is 2.44. The van der Waals surface area contributed by atoms with Gasteiger partial charge in [0.15, 0.2) is 0 Å². The molecule has 0 bridgehead atoms. The Morgan fingerprint density at radius 1 is 1.38 bits per heavy atom. The maximum atomic E-state index is 5.82. The van der Waals surface area contributed by atoms with Crippen LogP contribution >= 0.6 is 0 Å². The molecule has 1 aliphatic rings. The van der Waals surface area contributed by atoms with Gasteiger partial charge in [-0.05, 0) is 19.4 Å². The highest BCUT2D eigenvalue weighted by molar-refractivity contribution is 5.43. The van der Waals surface area contributed by atoms with Crippen LogP contribution in [0.5, 0.6) is 5.75 Å². The summed E-state index contributed by atoms with van der Waals surface area (Å²) in [7, 11) is 0. The van der Waals surface area contributed by atoms with Crippen LogP contribution in [-0.2, 0) is 0 Å². The molecular formula is C12H16O. The van der Waals surface area contributed by atoms with Gasteiger partial charge in [0, 0.05) is 11.5 Å². The van der Waals surface area contributed by atoms with Crippen molar-refractivity contribution in [2.45, 2.75) is 39.2 Å². The SMILES string of the molecule is CCC1Oc2ccc(C)cc2C1C. The van der Waals surface area contributed by atoms with Gasteiger partial charge in [0.2, 0.25) is 0 Å². The van der Waals surface area contributed by atoms with Crippen molar-refractivity contribution in [3.8, 4) is 5.75 Å². The molecule has 0 aliphatic carbocycles. The van der Waals surface area contributed by atoms with Gasteiger partial charge in [0.1, 0.15) is 11.9 Å². The predicted octanol–water partition coefficient (Wildman–Crippen LogP) is 3.27. The van der Waals surface area contributed by atoms with Gasteiger partial charge < -0.3 is 4.74 Å². The van der Waals surface area contributed by atoms with Crippen LogP contribution in [0.15, 0.2) is 18.2 Å². The Labute approximate surface area is 79.7 Å².